The SMILES string of the molecule is CCCCOC(=O)CC1C(=O)NCCN1C(=O)CC1CCCC1. The smallest absolute Gasteiger partial charge is 0.308 e. The Morgan fingerprint density at radius 3 is 2.70 bits per heavy atom. The Morgan fingerprint density at radius 1 is 1.26 bits per heavy atom. The van der Waals surface area contributed by atoms with Crippen molar-refractivity contribution >= 4 is 17.8 Å². The molecule has 0 radical (unpaired) electrons. The molecule has 6 nitrogen and oxygen atoms in total. The highest BCUT2D eigenvalue weighted by atomic mass is 16.5. The minimum Gasteiger partial charge on any atom is -0.466 e. The number of hydrogen-bond donors (Lipinski definition) is 1. The number of nitrogens with one attached hydrogen (secondary N) is 1. The van der Waals surface area contributed by atoms with E-state index in [4.69, 9.17) is 4.74 Å². The van der Waals surface area contributed by atoms with Crippen molar-refractivity contribution < 1.29 is 19.1 Å². The zero-order valence-electron chi connectivity index (χ0n) is 14.0. The molecule has 2 amide bonds. The maximum absolute atomic E-state index is 12.5. The predicted octanol–water partition coefficient (Wildman–Crippen LogP) is 1.63. The van der Waals surface area contributed by atoms with Crippen LogP contribution < -0.4 is 5.32 Å². The van der Waals surface area contributed by atoms with Gasteiger partial charge in [-0.25, -0.2) is 0 Å². The number of carbonyl (C=O) groups is 3. The van der Waals surface area contributed by atoms with Crippen LogP contribution in [0.25, 0.3) is 0 Å². The largest absolute Gasteiger partial charge is 0.466 e. The molecule has 2 rings (SSSR count). The van der Waals surface area contributed by atoms with Crippen molar-refractivity contribution in [3.63, 3.8) is 0 Å². The molecule has 1 saturated carbocycles. The van der Waals surface area contributed by atoms with Gasteiger partial charge in [0.2, 0.25) is 11.8 Å². The number of rotatable bonds is 7. The molecule has 1 aliphatic heterocycles. The minimum absolute atomic E-state index is 0.00175. The van der Waals surface area contributed by atoms with Gasteiger partial charge in [0.1, 0.15) is 6.04 Å². The molecule has 1 atom stereocenters. The molecule has 2 fully saturated rings. The Labute approximate surface area is 137 Å². The number of amides is 2. The van der Waals surface area contributed by atoms with Crippen molar-refractivity contribution in [3.05, 3.63) is 0 Å². The predicted molar refractivity (Wildman–Crippen MR) is 85.6 cm³/mol. The first-order valence-electron chi connectivity index (χ1n) is 8.84. The Hall–Kier alpha value is -1.59. The molecule has 0 bridgehead atoms. The molecule has 2 aliphatic rings. The summed E-state index contributed by atoms with van der Waals surface area (Å²) in [6.07, 6.45) is 6.76. The molecule has 1 N–H and O–H groups in total. The van der Waals surface area contributed by atoms with E-state index in [0.717, 1.165) is 25.7 Å². The van der Waals surface area contributed by atoms with Crippen molar-refractivity contribution in [2.75, 3.05) is 19.7 Å². The lowest BCUT2D eigenvalue weighted by Crippen LogP contribution is -2.58. The molecule has 0 aromatic rings. The van der Waals surface area contributed by atoms with Gasteiger partial charge in [-0.3, -0.25) is 14.4 Å². The van der Waals surface area contributed by atoms with E-state index in [1.165, 1.54) is 12.8 Å². The van der Waals surface area contributed by atoms with Crippen molar-refractivity contribution in [1.29, 1.82) is 0 Å². The average Bonchev–Trinajstić information content (AvgIpc) is 3.02. The van der Waals surface area contributed by atoms with Gasteiger partial charge in [0.25, 0.3) is 0 Å². The fraction of sp³-hybridized carbons (Fsp3) is 0.824. The summed E-state index contributed by atoms with van der Waals surface area (Å²) < 4.78 is 5.14. The molecule has 1 heterocycles. The van der Waals surface area contributed by atoms with Crippen LogP contribution in [0, 0.1) is 5.92 Å². The van der Waals surface area contributed by atoms with E-state index in [9.17, 15) is 14.4 Å². The van der Waals surface area contributed by atoms with Crippen molar-refractivity contribution in [3.8, 4) is 0 Å². The summed E-state index contributed by atoms with van der Waals surface area (Å²) in [5, 5.41) is 2.74. The first-order chi connectivity index (χ1) is 11.1. The highest BCUT2D eigenvalue weighted by molar-refractivity contribution is 5.92. The highest BCUT2D eigenvalue weighted by Gasteiger charge is 2.35. The van der Waals surface area contributed by atoms with Crippen molar-refractivity contribution in [1.82, 2.24) is 10.2 Å². The van der Waals surface area contributed by atoms with Crippen LogP contribution >= 0.6 is 0 Å². The van der Waals surface area contributed by atoms with Crippen LogP contribution in [0.4, 0.5) is 0 Å². The molecular formula is C17H28N2O4. The van der Waals surface area contributed by atoms with Crippen molar-refractivity contribution in [2.24, 2.45) is 5.92 Å². The Balaban J connectivity index is 1.90. The van der Waals surface area contributed by atoms with Gasteiger partial charge in [0.15, 0.2) is 0 Å². The molecule has 23 heavy (non-hydrogen) atoms. The van der Waals surface area contributed by atoms with E-state index in [-0.39, 0.29) is 18.2 Å². The zero-order valence-corrected chi connectivity index (χ0v) is 14.0. The second-order valence-electron chi connectivity index (χ2n) is 6.53. The van der Waals surface area contributed by atoms with Gasteiger partial charge in [-0.05, 0) is 25.2 Å². The van der Waals surface area contributed by atoms with Gasteiger partial charge < -0.3 is 15.0 Å². The minimum atomic E-state index is -0.716. The molecule has 0 spiro atoms. The number of esters is 1. The summed E-state index contributed by atoms with van der Waals surface area (Å²) in [5.74, 6) is -0.217. The summed E-state index contributed by atoms with van der Waals surface area (Å²) in [6, 6.07) is -0.716. The second-order valence-corrected chi connectivity index (χ2v) is 6.53. The molecule has 130 valence electrons. The van der Waals surface area contributed by atoms with Crippen LogP contribution in [0.1, 0.15) is 58.3 Å². The lowest BCUT2D eigenvalue weighted by Gasteiger charge is -2.35. The lowest BCUT2D eigenvalue weighted by atomic mass is 10.0. The molecule has 6 heteroatoms. The van der Waals surface area contributed by atoms with Gasteiger partial charge in [-0.1, -0.05) is 26.2 Å². The molecule has 1 aliphatic carbocycles. The van der Waals surface area contributed by atoms with E-state index < -0.39 is 12.0 Å². The fourth-order valence-corrected chi connectivity index (χ4v) is 3.34. The van der Waals surface area contributed by atoms with E-state index in [0.29, 0.717) is 32.0 Å². The van der Waals surface area contributed by atoms with Gasteiger partial charge in [-0.15, -0.1) is 0 Å². The standard InChI is InChI=1S/C17H28N2O4/c1-2-3-10-23-16(21)12-14-17(22)18-8-9-19(14)15(20)11-13-6-4-5-7-13/h13-14H,2-12H2,1H3,(H,18,22). The van der Waals surface area contributed by atoms with Gasteiger partial charge >= 0.3 is 5.97 Å². The number of nitrogens with zero attached hydrogens (tertiary/aromatic N) is 1. The monoisotopic (exact) mass is 324 g/mol. The van der Waals surface area contributed by atoms with E-state index in [2.05, 4.69) is 5.32 Å². The van der Waals surface area contributed by atoms with Crippen molar-refractivity contribution in [2.45, 2.75) is 64.3 Å². The normalized spacial score (nSPS) is 22.0. The molecule has 1 unspecified atom stereocenters. The number of carbonyl (C=O) groups excluding carboxylic acids is 3. The van der Waals surface area contributed by atoms with E-state index in [1.807, 2.05) is 6.92 Å². The number of piperazine rings is 1. The van der Waals surface area contributed by atoms with Crippen LogP contribution in [0.3, 0.4) is 0 Å². The summed E-state index contributed by atoms with van der Waals surface area (Å²) in [5.41, 5.74) is 0. The molecule has 0 aromatic heterocycles. The van der Waals surface area contributed by atoms with Crippen LogP contribution in [-0.2, 0) is 19.1 Å². The summed E-state index contributed by atoms with van der Waals surface area (Å²) in [7, 11) is 0. The Bertz CT molecular complexity index is 432. The molecule has 0 aromatic carbocycles. The fourth-order valence-electron chi connectivity index (χ4n) is 3.34. The maximum Gasteiger partial charge on any atom is 0.308 e. The lowest BCUT2D eigenvalue weighted by molar-refractivity contribution is -0.152. The Morgan fingerprint density at radius 2 is 2.00 bits per heavy atom. The van der Waals surface area contributed by atoms with Crippen LogP contribution in [0.2, 0.25) is 0 Å². The average molecular weight is 324 g/mol. The van der Waals surface area contributed by atoms with Crippen LogP contribution in [0.15, 0.2) is 0 Å². The van der Waals surface area contributed by atoms with E-state index >= 15 is 0 Å². The van der Waals surface area contributed by atoms with Gasteiger partial charge in [-0.2, -0.15) is 0 Å². The van der Waals surface area contributed by atoms with Gasteiger partial charge in [0.05, 0.1) is 13.0 Å². The number of hydrogen-bond acceptors (Lipinski definition) is 4. The Kier molecular flexibility index (Phi) is 6.86. The summed E-state index contributed by atoms with van der Waals surface area (Å²) >= 11 is 0. The van der Waals surface area contributed by atoms with Crippen LogP contribution in [-0.4, -0.2) is 48.4 Å². The van der Waals surface area contributed by atoms with Gasteiger partial charge in [0, 0.05) is 19.5 Å². The summed E-state index contributed by atoms with van der Waals surface area (Å²) in [4.78, 5) is 38.1. The topological polar surface area (TPSA) is 75.7 Å². The first kappa shape index (κ1) is 17.8. The summed E-state index contributed by atoms with van der Waals surface area (Å²) in [6.45, 7) is 3.33. The third kappa shape index (κ3) is 5.22. The zero-order chi connectivity index (χ0) is 16.7. The maximum atomic E-state index is 12.5. The number of ether oxygens (including phenoxy) is 1. The molecular weight excluding hydrogens is 296 g/mol. The first-order valence-corrected chi connectivity index (χ1v) is 8.84. The van der Waals surface area contributed by atoms with E-state index in [1.54, 1.807) is 4.90 Å². The quantitative estimate of drug-likeness (QED) is 0.570. The van der Waals surface area contributed by atoms with Crippen LogP contribution in [0.5, 0.6) is 0 Å². The second kappa shape index (κ2) is 8.89. The third-order valence-electron chi connectivity index (χ3n) is 4.71. The molecule has 1 saturated heterocycles. The number of unbranched alkanes of at least 4 members (excludes halogenated alkanes) is 1. The third-order valence-corrected chi connectivity index (χ3v) is 4.71. The highest BCUT2D eigenvalue weighted by Crippen LogP contribution is 2.28.